The van der Waals surface area contributed by atoms with E-state index in [9.17, 15) is 14.7 Å². The van der Waals surface area contributed by atoms with Gasteiger partial charge in [0.1, 0.15) is 5.75 Å². The van der Waals surface area contributed by atoms with Crippen molar-refractivity contribution in [3.8, 4) is 5.75 Å². The summed E-state index contributed by atoms with van der Waals surface area (Å²) in [5.41, 5.74) is 1.82. The summed E-state index contributed by atoms with van der Waals surface area (Å²) in [6.45, 7) is 12.5. The van der Waals surface area contributed by atoms with Crippen LogP contribution in [0.15, 0.2) is 12.1 Å². The highest BCUT2D eigenvalue weighted by molar-refractivity contribution is 6.03. The third-order valence-electron chi connectivity index (χ3n) is 4.82. The molecular formula is C20H28O4. The largest absolute Gasteiger partial charge is 0.480 e. The maximum absolute atomic E-state index is 12.5. The highest BCUT2D eigenvalue weighted by Crippen LogP contribution is 2.48. The van der Waals surface area contributed by atoms with Crippen LogP contribution in [-0.2, 0) is 9.59 Å². The van der Waals surface area contributed by atoms with Gasteiger partial charge in [-0.05, 0) is 47.3 Å². The molecule has 2 rings (SSSR count). The summed E-state index contributed by atoms with van der Waals surface area (Å²) in [7, 11) is 0. The van der Waals surface area contributed by atoms with E-state index in [0.717, 1.165) is 11.1 Å². The number of carboxylic acid groups (broad SMARTS) is 1. The summed E-state index contributed by atoms with van der Waals surface area (Å²) < 4.78 is 5.70. The van der Waals surface area contributed by atoms with Crippen molar-refractivity contribution in [2.45, 2.75) is 72.1 Å². The van der Waals surface area contributed by atoms with E-state index < -0.39 is 17.4 Å². The summed E-state index contributed by atoms with van der Waals surface area (Å²) >= 11 is 0. The number of hydrogen-bond donors (Lipinski definition) is 1. The van der Waals surface area contributed by atoms with E-state index in [1.54, 1.807) is 0 Å². The molecule has 0 aromatic heterocycles. The van der Waals surface area contributed by atoms with E-state index in [4.69, 9.17) is 4.74 Å². The van der Waals surface area contributed by atoms with Crippen LogP contribution in [0, 0.1) is 5.41 Å². The first-order valence-corrected chi connectivity index (χ1v) is 8.73. The molecule has 0 heterocycles. The highest BCUT2D eigenvalue weighted by atomic mass is 16.5. The van der Waals surface area contributed by atoms with Gasteiger partial charge in [-0.15, -0.1) is 0 Å². The molecule has 0 radical (unpaired) electrons. The second kappa shape index (κ2) is 6.58. The first-order chi connectivity index (χ1) is 11.1. The molecular weight excluding hydrogens is 304 g/mol. The Labute approximate surface area is 144 Å². The van der Waals surface area contributed by atoms with Crippen LogP contribution in [0.1, 0.15) is 88.8 Å². The lowest BCUT2D eigenvalue weighted by molar-refractivity contribution is -0.155. The molecule has 4 nitrogen and oxygen atoms in total. The molecule has 24 heavy (non-hydrogen) atoms. The van der Waals surface area contributed by atoms with Crippen LogP contribution < -0.4 is 4.74 Å². The first kappa shape index (κ1) is 18.5. The van der Waals surface area contributed by atoms with Crippen LogP contribution in [-0.4, -0.2) is 17.0 Å². The second-order valence-electron chi connectivity index (χ2n) is 7.77. The molecule has 4 heteroatoms. The van der Waals surface area contributed by atoms with Crippen molar-refractivity contribution >= 4 is 11.9 Å². The Morgan fingerprint density at radius 2 is 1.42 bits per heavy atom. The zero-order valence-electron chi connectivity index (χ0n) is 15.5. The number of carbonyl (C=O) groups is 2. The van der Waals surface area contributed by atoms with Gasteiger partial charge >= 0.3 is 11.9 Å². The molecule has 0 aliphatic heterocycles. The van der Waals surface area contributed by atoms with Gasteiger partial charge in [0.2, 0.25) is 0 Å². The Kier molecular flexibility index (Phi) is 5.07. The molecule has 0 saturated heterocycles. The normalized spacial score (nSPS) is 15.9. The van der Waals surface area contributed by atoms with Crippen molar-refractivity contribution in [2.24, 2.45) is 5.41 Å². The molecule has 1 aliphatic carbocycles. The fourth-order valence-corrected chi connectivity index (χ4v) is 2.83. The fourth-order valence-electron chi connectivity index (χ4n) is 2.83. The van der Waals surface area contributed by atoms with Gasteiger partial charge in [-0.25, -0.2) is 0 Å². The van der Waals surface area contributed by atoms with Crippen LogP contribution in [0.3, 0.4) is 0 Å². The Balaban J connectivity index is 2.51. The molecule has 0 bridgehead atoms. The monoisotopic (exact) mass is 332 g/mol. The maximum atomic E-state index is 12.5. The Morgan fingerprint density at radius 3 is 1.71 bits per heavy atom. The molecule has 1 aromatic carbocycles. The van der Waals surface area contributed by atoms with Crippen molar-refractivity contribution in [2.75, 3.05) is 0 Å². The smallest absolute Gasteiger partial charge is 0.328 e. The van der Waals surface area contributed by atoms with Crippen molar-refractivity contribution in [3.05, 3.63) is 28.8 Å². The van der Waals surface area contributed by atoms with Crippen LogP contribution in [0.4, 0.5) is 0 Å². The van der Waals surface area contributed by atoms with E-state index in [2.05, 4.69) is 53.7 Å². The lowest BCUT2D eigenvalue weighted by atomic mass is 9.88. The standard InChI is InChI=1S/C20H28O4/c1-11(2)14-9-15(12(3)4)17(16(10-14)13(5)6)24-19(23)20(7-8-20)18(21)22/h9-13H,7-8H2,1-6H3,(H,21,22). The topological polar surface area (TPSA) is 63.6 Å². The summed E-state index contributed by atoms with van der Waals surface area (Å²) in [5, 5.41) is 9.33. The fraction of sp³-hybridized carbons (Fsp3) is 0.600. The summed E-state index contributed by atoms with van der Waals surface area (Å²) in [4.78, 5) is 23.9. The predicted molar refractivity (Wildman–Crippen MR) is 93.6 cm³/mol. The number of benzene rings is 1. The number of esters is 1. The highest BCUT2D eigenvalue weighted by Gasteiger charge is 2.59. The summed E-state index contributed by atoms with van der Waals surface area (Å²) in [5.74, 6) is -0.409. The summed E-state index contributed by atoms with van der Waals surface area (Å²) in [6, 6.07) is 4.17. The minimum atomic E-state index is -1.33. The zero-order chi connectivity index (χ0) is 18.2. The molecule has 0 amide bonds. The van der Waals surface area contributed by atoms with Gasteiger partial charge in [-0.2, -0.15) is 0 Å². The number of carboxylic acids is 1. The lowest BCUT2D eigenvalue weighted by Crippen LogP contribution is -2.30. The molecule has 0 atom stereocenters. The van der Waals surface area contributed by atoms with Gasteiger partial charge in [0.25, 0.3) is 0 Å². The molecule has 1 aliphatic rings. The van der Waals surface area contributed by atoms with Crippen LogP contribution >= 0.6 is 0 Å². The first-order valence-electron chi connectivity index (χ1n) is 8.73. The molecule has 1 N–H and O–H groups in total. The van der Waals surface area contributed by atoms with Crippen LogP contribution in [0.5, 0.6) is 5.75 Å². The number of hydrogen-bond acceptors (Lipinski definition) is 3. The minimum absolute atomic E-state index is 0.184. The van der Waals surface area contributed by atoms with Gasteiger partial charge < -0.3 is 9.84 Å². The van der Waals surface area contributed by atoms with Crippen molar-refractivity contribution in [1.82, 2.24) is 0 Å². The minimum Gasteiger partial charge on any atom is -0.480 e. The van der Waals surface area contributed by atoms with Gasteiger partial charge in [-0.3, -0.25) is 9.59 Å². The van der Waals surface area contributed by atoms with Crippen LogP contribution in [0.2, 0.25) is 0 Å². The average molecular weight is 332 g/mol. The second-order valence-corrected chi connectivity index (χ2v) is 7.77. The Bertz CT molecular complexity index is 623. The van der Waals surface area contributed by atoms with Gasteiger partial charge in [0.15, 0.2) is 5.41 Å². The average Bonchev–Trinajstić information content (AvgIpc) is 3.28. The molecule has 1 saturated carbocycles. The van der Waals surface area contributed by atoms with Gasteiger partial charge in [-0.1, -0.05) is 53.7 Å². The van der Waals surface area contributed by atoms with Crippen molar-refractivity contribution in [1.29, 1.82) is 0 Å². The third kappa shape index (κ3) is 3.33. The van der Waals surface area contributed by atoms with Crippen LogP contribution in [0.25, 0.3) is 0 Å². The van der Waals surface area contributed by atoms with Crippen molar-refractivity contribution < 1.29 is 19.4 Å². The Morgan fingerprint density at radius 1 is 0.958 bits per heavy atom. The number of aliphatic carboxylic acids is 1. The van der Waals surface area contributed by atoms with E-state index in [0.29, 0.717) is 24.5 Å². The quantitative estimate of drug-likeness (QED) is 0.460. The molecule has 132 valence electrons. The summed E-state index contributed by atoms with van der Waals surface area (Å²) in [6.07, 6.45) is 0.721. The number of carbonyl (C=O) groups excluding carboxylic acids is 1. The van der Waals surface area contributed by atoms with E-state index in [1.807, 2.05) is 0 Å². The zero-order valence-corrected chi connectivity index (χ0v) is 15.5. The van der Waals surface area contributed by atoms with Gasteiger partial charge in [0.05, 0.1) is 0 Å². The van der Waals surface area contributed by atoms with Gasteiger partial charge in [0, 0.05) is 0 Å². The number of rotatable bonds is 6. The Hall–Kier alpha value is -1.84. The predicted octanol–water partition coefficient (Wildman–Crippen LogP) is 4.83. The number of ether oxygens (including phenoxy) is 1. The van der Waals surface area contributed by atoms with Crippen molar-refractivity contribution in [3.63, 3.8) is 0 Å². The molecule has 0 spiro atoms. The molecule has 1 aromatic rings. The lowest BCUT2D eigenvalue weighted by Gasteiger charge is -2.23. The van der Waals surface area contributed by atoms with E-state index >= 15 is 0 Å². The maximum Gasteiger partial charge on any atom is 0.328 e. The van der Waals surface area contributed by atoms with E-state index in [-0.39, 0.29) is 11.8 Å². The molecule has 1 fully saturated rings. The van der Waals surface area contributed by atoms with E-state index in [1.165, 1.54) is 5.56 Å². The SMILES string of the molecule is CC(C)c1cc(C(C)C)c(OC(=O)C2(C(=O)O)CC2)c(C(C)C)c1. The third-order valence-corrected chi connectivity index (χ3v) is 4.82. The molecule has 0 unspecified atom stereocenters.